The number of rotatable bonds is 4. The lowest BCUT2D eigenvalue weighted by atomic mass is 10.0. The minimum atomic E-state index is -0.00876. The molecule has 1 rings (SSSR count). The van der Waals surface area contributed by atoms with Crippen molar-refractivity contribution in [3.8, 4) is 0 Å². The van der Waals surface area contributed by atoms with Gasteiger partial charge < -0.3 is 0 Å². The molecule has 0 aromatic heterocycles. The van der Waals surface area contributed by atoms with Crippen molar-refractivity contribution >= 4 is 17.6 Å². The van der Waals surface area contributed by atoms with Crippen LogP contribution in [0.4, 0.5) is 0 Å². The summed E-state index contributed by atoms with van der Waals surface area (Å²) < 4.78 is 0. The first-order valence-electron chi connectivity index (χ1n) is 6.42. The smallest absolute Gasteiger partial charge is 0.177 e. The molecule has 1 aromatic rings. The van der Waals surface area contributed by atoms with Crippen molar-refractivity contribution in [3.05, 3.63) is 52.7 Å². The number of allylic oxidation sites excluding steroid dienone is 3. The number of nitrogens with zero attached hydrogens (tertiary/aromatic N) is 1. The Morgan fingerprint density at radius 1 is 1.16 bits per heavy atom. The molecule has 19 heavy (non-hydrogen) atoms. The van der Waals surface area contributed by atoms with Crippen LogP contribution in [0, 0.1) is 6.92 Å². The normalized spacial score (nSPS) is 13.6. The summed E-state index contributed by atoms with van der Waals surface area (Å²) in [7, 11) is 0. The van der Waals surface area contributed by atoms with Crippen LogP contribution in [-0.2, 0) is 4.79 Å². The van der Waals surface area contributed by atoms with Crippen LogP contribution in [-0.4, -0.2) is 11.5 Å². The van der Waals surface area contributed by atoms with Gasteiger partial charge in [0.1, 0.15) is 5.70 Å². The van der Waals surface area contributed by atoms with Crippen LogP contribution < -0.4 is 0 Å². The maximum atomic E-state index is 11.4. The third-order valence-corrected chi connectivity index (χ3v) is 3.05. The van der Waals surface area contributed by atoms with Crippen LogP contribution in [0.25, 0.3) is 6.08 Å². The molecule has 0 bridgehead atoms. The first kappa shape index (κ1) is 15.1. The largest absolute Gasteiger partial charge is 0.293 e. The molecule has 2 nitrogen and oxygen atoms in total. The number of aryl methyl sites for hydroxylation is 1. The fraction of sp³-hybridized carbons (Fsp3) is 0.294. The fourth-order valence-corrected chi connectivity index (χ4v) is 1.70. The molecule has 0 unspecified atom stereocenters. The molecular weight excluding hydrogens is 234 g/mol. The van der Waals surface area contributed by atoms with E-state index < -0.39 is 0 Å². The van der Waals surface area contributed by atoms with Crippen LogP contribution in [0.1, 0.15) is 38.8 Å². The van der Waals surface area contributed by atoms with Gasteiger partial charge in [0.25, 0.3) is 0 Å². The zero-order valence-corrected chi connectivity index (χ0v) is 12.3. The molecule has 100 valence electrons. The quantitative estimate of drug-likeness (QED) is 0.581. The predicted octanol–water partition coefficient (Wildman–Crippen LogP) is 4.35. The van der Waals surface area contributed by atoms with E-state index in [1.165, 1.54) is 18.1 Å². The van der Waals surface area contributed by atoms with Gasteiger partial charge in [0.05, 0.1) is 0 Å². The molecular formula is C17H21NO. The average Bonchev–Trinajstić information content (AvgIpc) is 2.37. The average molecular weight is 255 g/mol. The van der Waals surface area contributed by atoms with Crippen LogP contribution >= 0.6 is 0 Å². The molecule has 0 spiro atoms. The van der Waals surface area contributed by atoms with E-state index in [0.29, 0.717) is 5.70 Å². The van der Waals surface area contributed by atoms with Crippen LogP contribution in [0.15, 0.2) is 46.6 Å². The first-order valence-corrected chi connectivity index (χ1v) is 6.42. The molecule has 0 radical (unpaired) electrons. The Labute approximate surface area is 115 Å². The number of Topliss-reactive ketones (excluding diaryl/α,β-unsaturated/α-hetero) is 1. The summed E-state index contributed by atoms with van der Waals surface area (Å²) in [5.74, 6) is -0.00876. The number of ketones is 1. The van der Waals surface area contributed by atoms with Crippen molar-refractivity contribution in [1.82, 2.24) is 0 Å². The number of hydrogen-bond acceptors (Lipinski definition) is 2. The van der Waals surface area contributed by atoms with E-state index in [1.54, 1.807) is 6.08 Å². The molecule has 0 atom stereocenters. The van der Waals surface area contributed by atoms with Gasteiger partial charge in [-0.3, -0.25) is 9.79 Å². The molecule has 0 aliphatic heterocycles. The number of benzene rings is 1. The highest BCUT2D eigenvalue weighted by Crippen LogP contribution is 2.13. The maximum Gasteiger partial charge on any atom is 0.177 e. The summed E-state index contributed by atoms with van der Waals surface area (Å²) in [5.41, 5.74) is 4.85. The van der Waals surface area contributed by atoms with Gasteiger partial charge in [0.2, 0.25) is 0 Å². The van der Waals surface area contributed by atoms with E-state index in [0.717, 1.165) is 11.3 Å². The van der Waals surface area contributed by atoms with Gasteiger partial charge in [0.15, 0.2) is 5.78 Å². The molecule has 0 heterocycles. The minimum absolute atomic E-state index is 0.00876. The summed E-state index contributed by atoms with van der Waals surface area (Å²) in [6.07, 6.45) is 3.84. The number of carbonyl (C=O) groups is 1. The summed E-state index contributed by atoms with van der Waals surface area (Å²) in [6.45, 7) is 9.38. The zero-order chi connectivity index (χ0) is 14.4. The Hall–Kier alpha value is -1.96. The molecule has 0 amide bonds. The lowest BCUT2D eigenvalue weighted by molar-refractivity contribution is -0.113. The van der Waals surface area contributed by atoms with E-state index in [-0.39, 0.29) is 5.78 Å². The van der Waals surface area contributed by atoms with Crippen molar-refractivity contribution in [1.29, 1.82) is 0 Å². The standard InChI is InChI=1S/C17H21NO/c1-6-17(15(5)19)18-14(4)13(3)11-16-10-8-7-9-12(16)2/h6-11H,1-5H3/b13-11+,17-6-,18-14-. The van der Waals surface area contributed by atoms with Crippen molar-refractivity contribution in [2.45, 2.75) is 34.6 Å². The molecule has 0 saturated heterocycles. The molecule has 0 aliphatic carbocycles. The van der Waals surface area contributed by atoms with Gasteiger partial charge in [-0.15, -0.1) is 0 Å². The Morgan fingerprint density at radius 3 is 2.32 bits per heavy atom. The first-order chi connectivity index (χ1) is 8.95. The van der Waals surface area contributed by atoms with Gasteiger partial charge in [-0.1, -0.05) is 30.3 Å². The van der Waals surface area contributed by atoms with E-state index >= 15 is 0 Å². The SMILES string of the molecule is C\C=C(/N=C(C)\C(C)=C\c1ccccc1C)C(C)=O. The Kier molecular flexibility index (Phi) is 5.43. The van der Waals surface area contributed by atoms with Crippen LogP contribution in [0.2, 0.25) is 0 Å². The Balaban J connectivity index is 3.07. The molecule has 0 saturated carbocycles. The van der Waals surface area contributed by atoms with Crippen LogP contribution in [0.5, 0.6) is 0 Å². The molecule has 0 N–H and O–H groups in total. The minimum Gasteiger partial charge on any atom is -0.293 e. The Morgan fingerprint density at radius 2 is 1.79 bits per heavy atom. The van der Waals surface area contributed by atoms with Gasteiger partial charge in [-0.05, 0) is 50.5 Å². The van der Waals surface area contributed by atoms with Gasteiger partial charge in [0, 0.05) is 12.6 Å². The highest BCUT2D eigenvalue weighted by molar-refractivity contribution is 6.05. The number of hydrogen-bond donors (Lipinski definition) is 0. The monoisotopic (exact) mass is 255 g/mol. The molecule has 1 aromatic carbocycles. The van der Waals surface area contributed by atoms with E-state index in [1.807, 2.05) is 32.9 Å². The third kappa shape index (κ3) is 4.32. The topological polar surface area (TPSA) is 29.4 Å². The summed E-state index contributed by atoms with van der Waals surface area (Å²) in [5, 5.41) is 0. The zero-order valence-electron chi connectivity index (χ0n) is 12.3. The van der Waals surface area contributed by atoms with Crippen molar-refractivity contribution in [3.63, 3.8) is 0 Å². The third-order valence-electron chi connectivity index (χ3n) is 3.05. The lowest BCUT2D eigenvalue weighted by Crippen LogP contribution is -2.00. The number of carbonyl (C=O) groups excluding carboxylic acids is 1. The Bertz CT molecular complexity index is 562. The van der Waals surface area contributed by atoms with E-state index in [9.17, 15) is 4.79 Å². The molecule has 0 fully saturated rings. The van der Waals surface area contributed by atoms with Gasteiger partial charge in [-0.2, -0.15) is 0 Å². The number of aliphatic imine (C=N–C) groups is 1. The van der Waals surface area contributed by atoms with Crippen molar-refractivity contribution < 1.29 is 4.79 Å². The highest BCUT2D eigenvalue weighted by atomic mass is 16.1. The molecule has 0 aliphatic rings. The second-order valence-corrected chi connectivity index (χ2v) is 4.61. The van der Waals surface area contributed by atoms with Gasteiger partial charge in [-0.25, -0.2) is 0 Å². The maximum absolute atomic E-state index is 11.4. The second kappa shape index (κ2) is 6.83. The summed E-state index contributed by atoms with van der Waals surface area (Å²) in [6, 6.07) is 8.20. The van der Waals surface area contributed by atoms with E-state index in [4.69, 9.17) is 0 Å². The van der Waals surface area contributed by atoms with Crippen LogP contribution in [0.3, 0.4) is 0 Å². The fourth-order valence-electron chi connectivity index (χ4n) is 1.70. The summed E-state index contributed by atoms with van der Waals surface area (Å²) in [4.78, 5) is 15.7. The second-order valence-electron chi connectivity index (χ2n) is 4.61. The van der Waals surface area contributed by atoms with Crippen molar-refractivity contribution in [2.75, 3.05) is 0 Å². The lowest BCUT2D eigenvalue weighted by Gasteiger charge is -2.04. The summed E-state index contributed by atoms with van der Waals surface area (Å²) >= 11 is 0. The van der Waals surface area contributed by atoms with E-state index in [2.05, 4.69) is 30.1 Å². The van der Waals surface area contributed by atoms with Gasteiger partial charge >= 0.3 is 0 Å². The predicted molar refractivity (Wildman–Crippen MR) is 82.4 cm³/mol. The van der Waals surface area contributed by atoms with Crippen molar-refractivity contribution in [2.24, 2.45) is 4.99 Å². The highest BCUT2D eigenvalue weighted by Gasteiger charge is 2.03. The molecule has 2 heteroatoms.